The van der Waals surface area contributed by atoms with E-state index >= 15 is 0 Å². The Balaban J connectivity index is 1.42. The summed E-state index contributed by atoms with van der Waals surface area (Å²) in [6.07, 6.45) is 6.68. The number of nitrogens with one attached hydrogen (secondary N) is 1. The Morgan fingerprint density at radius 2 is 2.22 bits per heavy atom. The van der Waals surface area contributed by atoms with E-state index in [4.69, 9.17) is 4.74 Å². The van der Waals surface area contributed by atoms with Crippen LogP contribution in [-0.4, -0.2) is 52.6 Å². The van der Waals surface area contributed by atoms with Gasteiger partial charge in [-0.25, -0.2) is 0 Å². The van der Waals surface area contributed by atoms with Gasteiger partial charge in [0, 0.05) is 18.7 Å². The number of carbonyl (C=O) groups is 2. The number of rotatable bonds is 5. The van der Waals surface area contributed by atoms with E-state index < -0.39 is 0 Å². The third-order valence-electron chi connectivity index (χ3n) is 5.51. The maximum atomic E-state index is 12.4. The second-order valence-electron chi connectivity index (χ2n) is 7.23. The highest BCUT2D eigenvalue weighted by Crippen LogP contribution is 2.47. The molecule has 6 heteroatoms. The highest BCUT2D eigenvalue weighted by molar-refractivity contribution is 8.01. The zero-order valence-corrected chi connectivity index (χ0v) is 15.0. The molecule has 5 nitrogen and oxygen atoms in total. The number of carbonyl (C=O) groups excluding carboxylic acids is 2. The van der Waals surface area contributed by atoms with Crippen molar-refractivity contribution in [2.24, 2.45) is 5.92 Å². The summed E-state index contributed by atoms with van der Waals surface area (Å²) in [5.41, 5.74) is 0. The van der Waals surface area contributed by atoms with Crippen molar-refractivity contribution in [2.45, 2.75) is 69.4 Å². The molecule has 0 spiro atoms. The predicted octanol–water partition coefficient (Wildman–Crippen LogP) is 2.15. The molecule has 1 saturated carbocycles. The number of thioether (sulfide) groups is 1. The Bertz CT molecular complexity index is 473. The van der Waals surface area contributed by atoms with Crippen molar-refractivity contribution in [1.29, 1.82) is 0 Å². The van der Waals surface area contributed by atoms with E-state index in [0.29, 0.717) is 37.3 Å². The van der Waals surface area contributed by atoms with Gasteiger partial charge < -0.3 is 15.0 Å². The van der Waals surface area contributed by atoms with Crippen molar-refractivity contribution in [3.63, 3.8) is 0 Å². The van der Waals surface area contributed by atoms with Gasteiger partial charge >= 0.3 is 0 Å². The molecule has 1 aliphatic carbocycles. The van der Waals surface area contributed by atoms with E-state index in [1.807, 2.05) is 0 Å². The average Bonchev–Trinajstić information content (AvgIpc) is 3.02. The van der Waals surface area contributed by atoms with E-state index in [1.165, 1.54) is 19.3 Å². The molecule has 4 atom stereocenters. The number of amides is 2. The van der Waals surface area contributed by atoms with Crippen molar-refractivity contribution in [3.05, 3.63) is 0 Å². The molecule has 2 heterocycles. The lowest BCUT2D eigenvalue weighted by atomic mass is 9.88. The highest BCUT2D eigenvalue weighted by Gasteiger charge is 2.52. The summed E-state index contributed by atoms with van der Waals surface area (Å²) in [7, 11) is 0. The Morgan fingerprint density at radius 3 is 3.00 bits per heavy atom. The highest BCUT2D eigenvalue weighted by atomic mass is 32.2. The fourth-order valence-corrected chi connectivity index (χ4v) is 5.48. The van der Waals surface area contributed by atoms with E-state index in [-0.39, 0.29) is 22.7 Å². The third-order valence-corrected chi connectivity index (χ3v) is 7.02. The quantitative estimate of drug-likeness (QED) is 0.779. The van der Waals surface area contributed by atoms with Crippen LogP contribution in [-0.2, 0) is 14.3 Å². The van der Waals surface area contributed by atoms with Gasteiger partial charge in [-0.05, 0) is 32.1 Å². The van der Waals surface area contributed by atoms with Crippen molar-refractivity contribution >= 4 is 23.6 Å². The van der Waals surface area contributed by atoms with Crippen LogP contribution in [0.5, 0.6) is 0 Å². The molecule has 130 valence electrons. The van der Waals surface area contributed by atoms with Crippen LogP contribution in [0.2, 0.25) is 0 Å². The van der Waals surface area contributed by atoms with Gasteiger partial charge in [0.1, 0.15) is 6.04 Å². The van der Waals surface area contributed by atoms with Crippen molar-refractivity contribution in [1.82, 2.24) is 10.2 Å². The standard InChI is InChI=1S/C17H28N2O3S/c1-12-5-3-4-6-14(12)22-10-9-18-16(21)13-11-23-17(2)8-7-15(20)19(13)17/h12-14H,3-11H2,1-2H3,(H,18,21)/t12-,13+,14+,17-/m1/s1. The summed E-state index contributed by atoms with van der Waals surface area (Å²) in [4.78, 5) is 26.1. The van der Waals surface area contributed by atoms with Gasteiger partial charge in [-0.2, -0.15) is 0 Å². The topological polar surface area (TPSA) is 58.6 Å². The molecule has 23 heavy (non-hydrogen) atoms. The Labute approximate surface area is 142 Å². The molecule has 0 unspecified atom stereocenters. The summed E-state index contributed by atoms with van der Waals surface area (Å²) in [6.45, 7) is 5.41. The molecule has 0 aromatic rings. The number of hydrogen-bond acceptors (Lipinski definition) is 4. The molecule has 1 N–H and O–H groups in total. The van der Waals surface area contributed by atoms with E-state index in [9.17, 15) is 9.59 Å². The smallest absolute Gasteiger partial charge is 0.243 e. The van der Waals surface area contributed by atoms with Crippen LogP contribution in [0.15, 0.2) is 0 Å². The molecule has 2 aliphatic heterocycles. The monoisotopic (exact) mass is 340 g/mol. The summed E-state index contributed by atoms with van der Waals surface area (Å²) < 4.78 is 5.94. The van der Waals surface area contributed by atoms with E-state index in [1.54, 1.807) is 16.7 Å². The molecule has 2 amide bonds. The molecule has 3 rings (SSSR count). The Hall–Kier alpha value is -0.750. The minimum Gasteiger partial charge on any atom is -0.376 e. The molecular weight excluding hydrogens is 312 g/mol. The second kappa shape index (κ2) is 7.01. The fourth-order valence-electron chi connectivity index (χ4n) is 4.05. The van der Waals surface area contributed by atoms with Crippen LogP contribution in [0.3, 0.4) is 0 Å². The first-order valence-corrected chi connectivity index (χ1v) is 9.85. The van der Waals surface area contributed by atoms with Gasteiger partial charge in [-0.3, -0.25) is 9.59 Å². The normalized spacial score (nSPS) is 37.0. The average molecular weight is 340 g/mol. The van der Waals surface area contributed by atoms with Gasteiger partial charge in [0.2, 0.25) is 11.8 Å². The Kier molecular flexibility index (Phi) is 5.21. The second-order valence-corrected chi connectivity index (χ2v) is 8.73. The predicted molar refractivity (Wildman–Crippen MR) is 91.1 cm³/mol. The largest absolute Gasteiger partial charge is 0.376 e. The lowest BCUT2D eigenvalue weighted by Crippen LogP contribution is -2.50. The zero-order valence-electron chi connectivity index (χ0n) is 14.2. The SMILES string of the molecule is C[C@@H]1CCCC[C@@H]1OCCNC(=O)[C@@H]1CS[C@]2(C)CCC(=O)N12. The van der Waals surface area contributed by atoms with Gasteiger partial charge in [-0.1, -0.05) is 19.8 Å². The van der Waals surface area contributed by atoms with Gasteiger partial charge in [-0.15, -0.1) is 11.8 Å². The zero-order chi connectivity index (χ0) is 16.4. The van der Waals surface area contributed by atoms with Gasteiger partial charge in [0.15, 0.2) is 0 Å². The fraction of sp³-hybridized carbons (Fsp3) is 0.882. The maximum absolute atomic E-state index is 12.4. The van der Waals surface area contributed by atoms with Gasteiger partial charge in [0.05, 0.1) is 17.6 Å². The van der Waals surface area contributed by atoms with Crippen LogP contribution >= 0.6 is 11.8 Å². The van der Waals surface area contributed by atoms with E-state index in [2.05, 4.69) is 19.2 Å². The van der Waals surface area contributed by atoms with Crippen LogP contribution in [0, 0.1) is 5.92 Å². The van der Waals surface area contributed by atoms with Crippen molar-refractivity contribution < 1.29 is 14.3 Å². The molecular formula is C17H28N2O3S. The van der Waals surface area contributed by atoms with Crippen molar-refractivity contribution in [2.75, 3.05) is 18.9 Å². The van der Waals surface area contributed by atoms with Crippen LogP contribution in [0.1, 0.15) is 52.4 Å². The van der Waals surface area contributed by atoms with Crippen LogP contribution < -0.4 is 5.32 Å². The maximum Gasteiger partial charge on any atom is 0.243 e. The molecule has 0 radical (unpaired) electrons. The summed E-state index contributed by atoms with van der Waals surface area (Å²) in [5, 5.41) is 2.96. The van der Waals surface area contributed by atoms with E-state index in [0.717, 1.165) is 12.8 Å². The number of hydrogen-bond donors (Lipinski definition) is 1. The van der Waals surface area contributed by atoms with Crippen LogP contribution in [0.25, 0.3) is 0 Å². The van der Waals surface area contributed by atoms with Crippen LogP contribution in [0.4, 0.5) is 0 Å². The number of ether oxygens (including phenoxy) is 1. The number of nitrogens with zero attached hydrogens (tertiary/aromatic N) is 1. The van der Waals surface area contributed by atoms with Crippen molar-refractivity contribution in [3.8, 4) is 0 Å². The third kappa shape index (κ3) is 3.53. The molecule has 0 bridgehead atoms. The lowest BCUT2D eigenvalue weighted by molar-refractivity contribution is -0.138. The lowest BCUT2D eigenvalue weighted by Gasteiger charge is -2.30. The summed E-state index contributed by atoms with van der Waals surface area (Å²) in [6, 6.07) is -0.311. The first-order chi connectivity index (χ1) is 11.0. The molecule has 3 aliphatic rings. The van der Waals surface area contributed by atoms with Gasteiger partial charge in [0.25, 0.3) is 0 Å². The number of fused-ring (bicyclic) bond motifs is 1. The minimum absolute atomic E-state index is 0.0308. The summed E-state index contributed by atoms with van der Waals surface area (Å²) >= 11 is 1.73. The first kappa shape index (κ1) is 17.1. The molecule has 0 aromatic heterocycles. The molecule has 0 aromatic carbocycles. The summed E-state index contributed by atoms with van der Waals surface area (Å²) in [5.74, 6) is 1.41. The molecule has 3 fully saturated rings. The Morgan fingerprint density at radius 1 is 1.43 bits per heavy atom. The minimum atomic E-state index is -0.311. The first-order valence-electron chi connectivity index (χ1n) is 8.87. The molecule has 2 saturated heterocycles.